The molecular formula is C13H16N6O2. The Bertz CT molecular complexity index is 822. The van der Waals surface area contributed by atoms with Crippen molar-refractivity contribution < 1.29 is 0 Å². The number of aromatic nitrogens is 4. The van der Waals surface area contributed by atoms with Crippen LogP contribution in [0.25, 0.3) is 11.0 Å². The highest BCUT2D eigenvalue weighted by Gasteiger charge is 2.28. The van der Waals surface area contributed by atoms with Gasteiger partial charge in [0.2, 0.25) is 5.95 Å². The SMILES string of the molecule is NC1CCN(c2ncc3c(=O)[nH]c(=O)n(C4CC4)c3n2)C1. The lowest BCUT2D eigenvalue weighted by Gasteiger charge is -2.16. The first kappa shape index (κ1) is 12.5. The fourth-order valence-electron chi connectivity index (χ4n) is 2.82. The summed E-state index contributed by atoms with van der Waals surface area (Å²) < 4.78 is 1.58. The molecular weight excluding hydrogens is 272 g/mol. The fraction of sp³-hybridized carbons (Fsp3) is 0.538. The van der Waals surface area contributed by atoms with Crippen molar-refractivity contribution in [1.29, 1.82) is 0 Å². The predicted octanol–water partition coefficient (Wildman–Crippen LogP) is -0.648. The van der Waals surface area contributed by atoms with Crippen molar-refractivity contribution >= 4 is 17.0 Å². The van der Waals surface area contributed by atoms with Crippen molar-refractivity contribution in [3.63, 3.8) is 0 Å². The number of hydrogen-bond donors (Lipinski definition) is 2. The van der Waals surface area contributed by atoms with Crippen LogP contribution >= 0.6 is 0 Å². The molecule has 3 N–H and O–H groups in total. The van der Waals surface area contributed by atoms with Gasteiger partial charge in [0.1, 0.15) is 5.39 Å². The molecule has 2 fully saturated rings. The molecule has 1 saturated carbocycles. The normalized spacial score (nSPS) is 22.1. The Morgan fingerprint density at radius 1 is 1.29 bits per heavy atom. The third-order valence-corrected chi connectivity index (χ3v) is 4.09. The molecule has 0 bridgehead atoms. The van der Waals surface area contributed by atoms with Crippen LogP contribution in [0.1, 0.15) is 25.3 Å². The van der Waals surface area contributed by atoms with E-state index in [4.69, 9.17) is 5.73 Å². The molecule has 2 aliphatic rings. The highest BCUT2D eigenvalue weighted by Crippen LogP contribution is 2.34. The zero-order valence-electron chi connectivity index (χ0n) is 11.5. The van der Waals surface area contributed by atoms with Crippen LogP contribution in [0.4, 0.5) is 5.95 Å². The minimum atomic E-state index is -0.434. The van der Waals surface area contributed by atoms with E-state index in [1.807, 2.05) is 4.90 Å². The van der Waals surface area contributed by atoms with Crippen LogP contribution in [0.2, 0.25) is 0 Å². The number of nitrogens with one attached hydrogen (secondary N) is 1. The van der Waals surface area contributed by atoms with Gasteiger partial charge in [-0.05, 0) is 19.3 Å². The van der Waals surface area contributed by atoms with Crippen LogP contribution in [0.15, 0.2) is 15.8 Å². The van der Waals surface area contributed by atoms with Crippen molar-refractivity contribution in [1.82, 2.24) is 19.5 Å². The summed E-state index contributed by atoms with van der Waals surface area (Å²) in [5.74, 6) is 0.537. The molecule has 0 spiro atoms. The van der Waals surface area contributed by atoms with E-state index >= 15 is 0 Å². The number of rotatable bonds is 2. The number of hydrogen-bond acceptors (Lipinski definition) is 6. The number of nitrogens with two attached hydrogens (primary N) is 1. The van der Waals surface area contributed by atoms with Gasteiger partial charge in [0.15, 0.2) is 5.65 Å². The van der Waals surface area contributed by atoms with Gasteiger partial charge in [-0.25, -0.2) is 9.78 Å². The summed E-state index contributed by atoms with van der Waals surface area (Å²) in [7, 11) is 0. The highest BCUT2D eigenvalue weighted by molar-refractivity contribution is 5.74. The molecule has 8 nitrogen and oxygen atoms in total. The third-order valence-electron chi connectivity index (χ3n) is 4.09. The monoisotopic (exact) mass is 288 g/mol. The number of anilines is 1. The summed E-state index contributed by atoms with van der Waals surface area (Å²) >= 11 is 0. The summed E-state index contributed by atoms with van der Waals surface area (Å²) in [6, 6.07) is 0.259. The molecule has 0 aromatic carbocycles. The molecule has 3 heterocycles. The average molecular weight is 288 g/mol. The van der Waals surface area contributed by atoms with Crippen LogP contribution in [-0.2, 0) is 0 Å². The Kier molecular flexibility index (Phi) is 2.61. The number of nitrogens with zero attached hydrogens (tertiary/aromatic N) is 4. The summed E-state index contributed by atoms with van der Waals surface area (Å²) in [6.45, 7) is 1.49. The minimum absolute atomic E-state index is 0.120. The topological polar surface area (TPSA) is 110 Å². The van der Waals surface area contributed by atoms with Crippen LogP contribution in [0.3, 0.4) is 0 Å². The van der Waals surface area contributed by atoms with Gasteiger partial charge in [-0.15, -0.1) is 0 Å². The fourth-order valence-corrected chi connectivity index (χ4v) is 2.82. The quantitative estimate of drug-likeness (QED) is 0.760. The summed E-state index contributed by atoms with van der Waals surface area (Å²) in [6.07, 6.45) is 4.27. The largest absolute Gasteiger partial charge is 0.339 e. The van der Waals surface area contributed by atoms with E-state index < -0.39 is 11.2 Å². The van der Waals surface area contributed by atoms with Crippen molar-refractivity contribution in [2.24, 2.45) is 5.73 Å². The number of aromatic amines is 1. The molecule has 4 rings (SSSR count). The van der Waals surface area contributed by atoms with Gasteiger partial charge in [0, 0.05) is 31.4 Å². The van der Waals surface area contributed by atoms with Gasteiger partial charge in [0.25, 0.3) is 5.56 Å². The Labute approximate surface area is 119 Å². The third kappa shape index (κ3) is 2.02. The Morgan fingerprint density at radius 3 is 2.76 bits per heavy atom. The van der Waals surface area contributed by atoms with E-state index in [1.165, 1.54) is 6.20 Å². The maximum Gasteiger partial charge on any atom is 0.330 e. The number of fused-ring (bicyclic) bond motifs is 1. The van der Waals surface area contributed by atoms with Crippen LogP contribution < -0.4 is 21.9 Å². The van der Waals surface area contributed by atoms with Crippen molar-refractivity contribution in [3.05, 3.63) is 27.0 Å². The van der Waals surface area contributed by atoms with E-state index in [0.717, 1.165) is 25.8 Å². The highest BCUT2D eigenvalue weighted by atomic mass is 16.2. The molecule has 2 aromatic heterocycles. The molecule has 1 aliphatic heterocycles. The maximum atomic E-state index is 12.0. The summed E-state index contributed by atoms with van der Waals surface area (Å²) in [5.41, 5.74) is 5.51. The molecule has 21 heavy (non-hydrogen) atoms. The van der Waals surface area contributed by atoms with Gasteiger partial charge in [0.05, 0.1) is 0 Å². The van der Waals surface area contributed by atoms with E-state index in [9.17, 15) is 9.59 Å². The van der Waals surface area contributed by atoms with Gasteiger partial charge in [-0.1, -0.05) is 0 Å². The molecule has 1 saturated heterocycles. The smallest absolute Gasteiger partial charge is 0.330 e. The predicted molar refractivity (Wildman–Crippen MR) is 77.5 cm³/mol. The maximum absolute atomic E-state index is 12.0. The van der Waals surface area contributed by atoms with Gasteiger partial charge in [-0.3, -0.25) is 14.3 Å². The Hall–Kier alpha value is -2.22. The molecule has 1 unspecified atom stereocenters. The Morgan fingerprint density at radius 2 is 2.10 bits per heavy atom. The molecule has 0 amide bonds. The average Bonchev–Trinajstić information content (AvgIpc) is 3.19. The van der Waals surface area contributed by atoms with Gasteiger partial charge in [-0.2, -0.15) is 4.98 Å². The first-order chi connectivity index (χ1) is 10.1. The van der Waals surface area contributed by atoms with Gasteiger partial charge >= 0.3 is 5.69 Å². The first-order valence-electron chi connectivity index (χ1n) is 7.15. The lowest BCUT2D eigenvalue weighted by molar-refractivity contribution is 0.696. The van der Waals surface area contributed by atoms with E-state index in [1.54, 1.807) is 4.57 Å². The van der Waals surface area contributed by atoms with Crippen LogP contribution in [0, 0.1) is 0 Å². The van der Waals surface area contributed by atoms with Gasteiger partial charge < -0.3 is 10.6 Å². The molecule has 110 valence electrons. The zero-order chi connectivity index (χ0) is 14.6. The zero-order valence-corrected chi connectivity index (χ0v) is 11.5. The van der Waals surface area contributed by atoms with E-state index in [-0.39, 0.29) is 12.1 Å². The molecule has 2 aromatic rings. The summed E-state index contributed by atoms with van der Waals surface area (Å²) in [4.78, 5) is 37.0. The summed E-state index contributed by atoms with van der Waals surface area (Å²) in [5, 5.41) is 0.355. The standard InChI is InChI=1S/C13H16N6O2/c14-7-3-4-18(6-7)12-15-5-9-10(16-12)19(8-1-2-8)13(21)17-11(9)20/h5,7-8H,1-4,6,14H2,(H,17,20,21). The second kappa shape index (κ2) is 4.39. The first-order valence-corrected chi connectivity index (χ1v) is 7.15. The second-order valence-electron chi connectivity index (χ2n) is 5.76. The van der Waals surface area contributed by atoms with E-state index in [0.29, 0.717) is 23.5 Å². The van der Waals surface area contributed by atoms with Crippen LogP contribution in [-0.4, -0.2) is 38.7 Å². The van der Waals surface area contributed by atoms with Crippen LogP contribution in [0.5, 0.6) is 0 Å². The van der Waals surface area contributed by atoms with Crippen molar-refractivity contribution in [3.8, 4) is 0 Å². The van der Waals surface area contributed by atoms with Crippen molar-refractivity contribution in [2.45, 2.75) is 31.3 Å². The molecule has 1 aliphatic carbocycles. The second-order valence-corrected chi connectivity index (χ2v) is 5.76. The lowest BCUT2D eigenvalue weighted by Crippen LogP contribution is -2.32. The van der Waals surface area contributed by atoms with E-state index in [2.05, 4.69) is 15.0 Å². The Balaban J connectivity index is 1.91. The molecule has 1 atom stereocenters. The van der Waals surface area contributed by atoms with Crippen molar-refractivity contribution in [2.75, 3.05) is 18.0 Å². The molecule has 8 heteroatoms. The lowest BCUT2D eigenvalue weighted by atomic mass is 10.3. The minimum Gasteiger partial charge on any atom is -0.339 e. The molecule has 0 radical (unpaired) electrons. The number of H-pyrrole nitrogens is 1.